The zero-order chi connectivity index (χ0) is 31.5. The maximum atomic E-state index is 6.38. The normalized spacial score (nSPS) is 12.3. The highest BCUT2D eigenvalue weighted by atomic mass is 16.6. The van der Waals surface area contributed by atoms with Crippen LogP contribution in [0.25, 0.3) is 6.08 Å². The number of hydrogen-bond acceptors (Lipinski definition) is 9. The Morgan fingerprint density at radius 2 is 0.814 bits per heavy atom. The Bertz CT molecular complexity index is 1310. The topological polar surface area (TPSA) is 83.1 Å². The van der Waals surface area contributed by atoms with Crippen molar-refractivity contribution >= 4 is 6.08 Å². The first-order valence-corrected chi connectivity index (χ1v) is 14.0. The highest BCUT2D eigenvalue weighted by Gasteiger charge is 2.22. The van der Waals surface area contributed by atoms with E-state index in [1.54, 1.807) is 49.8 Å². The summed E-state index contributed by atoms with van der Waals surface area (Å²) in [5.41, 5.74) is 2.88. The van der Waals surface area contributed by atoms with Crippen molar-refractivity contribution in [1.82, 2.24) is 0 Å². The SMILES string of the molecule is C/C=C/c1cc(OC)c(O[C@@H](C)Cc2cc(OC)c(O[C@@H](C)Cc3cc(OC)c(OC)c(OC)c3)c(OC)c2)c(OC)c1. The van der Waals surface area contributed by atoms with E-state index in [1.165, 1.54) is 0 Å². The van der Waals surface area contributed by atoms with Gasteiger partial charge in [0, 0.05) is 12.8 Å². The molecule has 0 heterocycles. The zero-order valence-corrected chi connectivity index (χ0v) is 26.9. The van der Waals surface area contributed by atoms with Crippen LogP contribution in [0.1, 0.15) is 37.5 Å². The van der Waals surface area contributed by atoms with Crippen molar-refractivity contribution in [2.24, 2.45) is 0 Å². The standard InChI is InChI=1S/C34H44O9/c1-11-12-23-15-28(37-6)33(29(16-23)38-7)42-22(3)14-25-19-30(39-8)34(31(20-25)40-9)43-21(2)13-24-17-26(35-4)32(41-10)27(18-24)36-5/h11-12,15-22H,13-14H2,1-10H3/b12-11+/t21-,22-/m0/s1. The molecule has 3 rings (SSSR count). The number of methoxy groups -OCH3 is 7. The van der Waals surface area contributed by atoms with E-state index in [-0.39, 0.29) is 12.2 Å². The van der Waals surface area contributed by atoms with Gasteiger partial charge in [0.1, 0.15) is 12.2 Å². The predicted octanol–water partition coefficient (Wildman–Crippen LogP) is 6.80. The molecule has 0 N–H and O–H groups in total. The first-order valence-electron chi connectivity index (χ1n) is 14.0. The molecule has 2 atom stereocenters. The summed E-state index contributed by atoms with van der Waals surface area (Å²) < 4.78 is 51.9. The fraction of sp³-hybridized carbons (Fsp3) is 0.412. The molecule has 0 spiro atoms. The molecule has 234 valence electrons. The van der Waals surface area contributed by atoms with Crippen molar-refractivity contribution in [3.63, 3.8) is 0 Å². The predicted molar refractivity (Wildman–Crippen MR) is 167 cm³/mol. The minimum absolute atomic E-state index is 0.226. The second-order valence-electron chi connectivity index (χ2n) is 9.88. The molecule has 0 bridgehead atoms. The fourth-order valence-electron chi connectivity index (χ4n) is 4.88. The minimum Gasteiger partial charge on any atom is -0.493 e. The third-order valence-electron chi connectivity index (χ3n) is 6.77. The van der Waals surface area contributed by atoms with Crippen LogP contribution in [-0.4, -0.2) is 62.0 Å². The van der Waals surface area contributed by atoms with Gasteiger partial charge in [0.05, 0.1) is 49.8 Å². The maximum Gasteiger partial charge on any atom is 0.203 e. The summed E-state index contributed by atoms with van der Waals surface area (Å²) in [5, 5.41) is 0. The molecule has 0 aromatic heterocycles. The molecule has 43 heavy (non-hydrogen) atoms. The van der Waals surface area contributed by atoms with E-state index in [4.69, 9.17) is 42.6 Å². The molecule has 0 fully saturated rings. The summed E-state index contributed by atoms with van der Waals surface area (Å²) in [7, 11) is 11.2. The van der Waals surface area contributed by atoms with Crippen LogP contribution in [0.2, 0.25) is 0 Å². The zero-order valence-electron chi connectivity index (χ0n) is 26.9. The summed E-state index contributed by atoms with van der Waals surface area (Å²) >= 11 is 0. The summed E-state index contributed by atoms with van der Waals surface area (Å²) in [6.45, 7) is 5.93. The van der Waals surface area contributed by atoms with Gasteiger partial charge in [-0.3, -0.25) is 0 Å². The first kappa shape index (κ1) is 33.1. The van der Waals surface area contributed by atoms with Gasteiger partial charge in [-0.25, -0.2) is 0 Å². The number of hydrogen-bond donors (Lipinski definition) is 0. The molecule has 9 nitrogen and oxygen atoms in total. The lowest BCUT2D eigenvalue weighted by Crippen LogP contribution is -2.18. The third kappa shape index (κ3) is 8.12. The Kier molecular flexibility index (Phi) is 12.1. The van der Waals surface area contributed by atoms with E-state index in [2.05, 4.69) is 0 Å². The van der Waals surface area contributed by atoms with E-state index >= 15 is 0 Å². The Labute approximate surface area is 255 Å². The average Bonchev–Trinajstić information content (AvgIpc) is 3.01. The second-order valence-corrected chi connectivity index (χ2v) is 9.88. The van der Waals surface area contributed by atoms with Crippen molar-refractivity contribution in [3.05, 3.63) is 59.2 Å². The summed E-state index contributed by atoms with van der Waals surface area (Å²) in [6.07, 6.45) is 4.62. The highest BCUT2D eigenvalue weighted by Crippen LogP contribution is 2.43. The van der Waals surface area contributed by atoms with Crippen LogP contribution < -0.4 is 42.6 Å². The molecule has 3 aromatic carbocycles. The average molecular weight is 597 g/mol. The molecule has 0 aliphatic heterocycles. The van der Waals surface area contributed by atoms with Crippen LogP contribution in [0.15, 0.2) is 42.5 Å². The van der Waals surface area contributed by atoms with Crippen molar-refractivity contribution < 1.29 is 42.6 Å². The van der Waals surface area contributed by atoms with Crippen molar-refractivity contribution in [2.75, 3.05) is 49.8 Å². The maximum absolute atomic E-state index is 6.38. The first-order chi connectivity index (χ1) is 20.7. The Morgan fingerprint density at radius 1 is 0.488 bits per heavy atom. The number of allylic oxidation sites excluding steroid dienone is 1. The van der Waals surface area contributed by atoms with Gasteiger partial charge in [-0.05, 0) is 73.9 Å². The molecule has 0 radical (unpaired) electrons. The molecule has 9 heteroatoms. The van der Waals surface area contributed by atoms with E-state index < -0.39 is 0 Å². The lowest BCUT2D eigenvalue weighted by molar-refractivity contribution is 0.197. The van der Waals surface area contributed by atoms with Gasteiger partial charge in [0.15, 0.2) is 34.5 Å². The van der Waals surface area contributed by atoms with Gasteiger partial charge in [-0.2, -0.15) is 0 Å². The van der Waals surface area contributed by atoms with Crippen LogP contribution in [0.4, 0.5) is 0 Å². The fourth-order valence-corrected chi connectivity index (χ4v) is 4.88. The lowest BCUT2D eigenvalue weighted by Gasteiger charge is -2.22. The monoisotopic (exact) mass is 596 g/mol. The Hall–Kier alpha value is -4.40. The van der Waals surface area contributed by atoms with Gasteiger partial charge in [-0.1, -0.05) is 12.2 Å². The van der Waals surface area contributed by atoms with E-state index in [9.17, 15) is 0 Å². The highest BCUT2D eigenvalue weighted by molar-refractivity contribution is 5.62. The van der Waals surface area contributed by atoms with Crippen LogP contribution in [0.3, 0.4) is 0 Å². The van der Waals surface area contributed by atoms with Gasteiger partial charge in [0.25, 0.3) is 0 Å². The van der Waals surface area contributed by atoms with Crippen LogP contribution >= 0.6 is 0 Å². The molecule has 0 amide bonds. The minimum atomic E-state index is -0.232. The summed E-state index contributed by atoms with van der Waals surface area (Å²) in [5.74, 6) is 5.09. The quantitative estimate of drug-likeness (QED) is 0.177. The van der Waals surface area contributed by atoms with Crippen molar-refractivity contribution in [2.45, 2.75) is 45.8 Å². The van der Waals surface area contributed by atoms with Crippen LogP contribution in [0.5, 0.6) is 51.7 Å². The number of rotatable bonds is 16. The molecule has 0 unspecified atom stereocenters. The largest absolute Gasteiger partial charge is 0.493 e. The molecule has 0 aliphatic carbocycles. The van der Waals surface area contributed by atoms with Crippen molar-refractivity contribution in [1.29, 1.82) is 0 Å². The lowest BCUT2D eigenvalue weighted by atomic mass is 10.1. The summed E-state index contributed by atoms with van der Waals surface area (Å²) in [4.78, 5) is 0. The van der Waals surface area contributed by atoms with Crippen LogP contribution in [-0.2, 0) is 12.8 Å². The number of ether oxygens (including phenoxy) is 9. The Morgan fingerprint density at radius 3 is 1.12 bits per heavy atom. The number of benzene rings is 3. The molecule has 0 saturated carbocycles. The summed E-state index contributed by atoms with van der Waals surface area (Å²) in [6, 6.07) is 11.5. The van der Waals surface area contributed by atoms with Crippen LogP contribution in [0, 0.1) is 0 Å². The van der Waals surface area contributed by atoms with Gasteiger partial charge in [-0.15, -0.1) is 0 Å². The smallest absolute Gasteiger partial charge is 0.203 e. The molecule has 0 aliphatic rings. The van der Waals surface area contributed by atoms with Gasteiger partial charge < -0.3 is 42.6 Å². The second kappa shape index (κ2) is 15.7. The molecule has 3 aromatic rings. The van der Waals surface area contributed by atoms with E-state index in [0.717, 1.165) is 16.7 Å². The molecular weight excluding hydrogens is 552 g/mol. The van der Waals surface area contributed by atoms with Gasteiger partial charge >= 0.3 is 0 Å². The Balaban J connectivity index is 1.82. The third-order valence-corrected chi connectivity index (χ3v) is 6.77. The molecular formula is C34H44O9. The molecule has 0 saturated heterocycles. The van der Waals surface area contributed by atoms with Crippen molar-refractivity contribution in [3.8, 4) is 51.7 Å². The van der Waals surface area contributed by atoms with Gasteiger partial charge in [0.2, 0.25) is 17.2 Å². The van der Waals surface area contributed by atoms with E-state index in [1.807, 2.05) is 69.3 Å². The van der Waals surface area contributed by atoms with E-state index in [0.29, 0.717) is 64.6 Å².